The lowest BCUT2D eigenvalue weighted by Gasteiger charge is -2.35. The van der Waals surface area contributed by atoms with Crippen molar-refractivity contribution in [1.29, 1.82) is 0 Å². The van der Waals surface area contributed by atoms with E-state index in [1.54, 1.807) is 29.2 Å². The average molecular weight is 601 g/mol. The van der Waals surface area contributed by atoms with Crippen LogP contribution in [0, 0.1) is 11.8 Å². The molecule has 3 saturated heterocycles. The minimum Gasteiger partial charge on any atom is -0.457 e. The third-order valence-electron chi connectivity index (χ3n) is 9.74. The van der Waals surface area contributed by atoms with Gasteiger partial charge in [0.25, 0.3) is 0 Å². The molecule has 232 valence electrons. The number of carbonyl (C=O) groups is 3. The molecule has 3 amide bonds. The van der Waals surface area contributed by atoms with E-state index in [2.05, 4.69) is 15.5 Å². The molecule has 7 rings (SSSR count). The van der Waals surface area contributed by atoms with E-state index in [4.69, 9.17) is 14.2 Å². The predicted molar refractivity (Wildman–Crippen MR) is 163 cm³/mol. The molecule has 2 aromatic rings. The van der Waals surface area contributed by atoms with Crippen LogP contribution in [0.1, 0.15) is 32.1 Å². The van der Waals surface area contributed by atoms with Gasteiger partial charge < -0.3 is 29.7 Å². The van der Waals surface area contributed by atoms with Gasteiger partial charge in [0.15, 0.2) is 0 Å². The highest BCUT2D eigenvalue weighted by molar-refractivity contribution is 6.02. The summed E-state index contributed by atoms with van der Waals surface area (Å²) in [6.07, 6.45) is 8.39. The topological polar surface area (TPSA) is 109 Å². The summed E-state index contributed by atoms with van der Waals surface area (Å²) in [7, 11) is 0. The Balaban J connectivity index is 1.09. The van der Waals surface area contributed by atoms with Crippen molar-refractivity contribution in [3.05, 3.63) is 66.7 Å². The Bertz CT molecular complexity index is 1390. The molecule has 5 aliphatic rings. The number of rotatable bonds is 9. The quantitative estimate of drug-likeness (QED) is 0.425. The number of likely N-dealkylation sites (tertiary alicyclic amines) is 1. The van der Waals surface area contributed by atoms with Crippen molar-refractivity contribution in [2.75, 3.05) is 44.7 Å². The zero-order valence-electron chi connectivity index (χ0n) is 24.9. The molecule has 2 N–H and O–H groups in total. The van der Waals surface area contributed by atoms with Gasteiger partial charge in [-0.2, -0.15) is 0 Å². The fourth-order valence-electron chi connectivity index (χ4n) is 7.57. The lowest BCUT2D eigenvalue weighted by atomic mass is 9.74. The summed E-state index contributed by atoms with van der Waals surface area (Å²) in [5.74, 6) is -0.821. The number of nitrogens with one attached hydrogen (secondary N) is 2. The first kappa shape index (κ1) is 29.0. The summed E-state index contributed by atoms with van der Waals surface area (Å²) in [4.78, 5) is 46.0. The highest BCUT2D eigenvalue weighted by atomic mass is 16.5. The van der Waals surface area contributed by atoms with E-state index in [-0.39, 0.29) is 23.8 Å². The van der Waals surface area contributed by atoms with Crippen molar-refractivity contribution in [1.82, 2.24) is 15.1 Å². The summed E-state index contributed by atoms with van der Waals surface area (Å²) in [5.41, 5.74) is -0.571. The average Bonchev–Trinajstić information content (AvgIpc) is 3.69. The lowest BCUT2D eigenvalue weighted by Crippen LogP contribution is -2.57. The van der Waals surface area contributed by atoms with Gasteiger partial charge in [0.1, 0.15) is 23.1 Å². The maximum Gasteiger partial charge on any atom is 0.246 e. The number of nitrogens with zero attached hydrogens (tertiary/aromatic N) is 2. The van der Waals surface area contributed by atoms with E-state index in [0.29, 0.717) is 37.7 Å². The van der Waals surface area contributed by atoms with Crippen LogP contribution >= 0.6 is 0 Å². The molecule has 1 spiro atoms. The second kappa shape index (κ2) is 12.3. The first-order valence-corrected chi connectivity index (χ1v) is 15.9. The number of anilines is 1. The number of para-hydroxylation sites is 1. The van der Waals surface area contributed by atoms with Gasteiger partial charge in [-0.15, -0.1) is 0 Å². The molecule has 4 aliphatic heterocycles. The number of hydrogen-bond donors (Lipinski definition) is 2. The van der Waals surface area contributed by atoms with Gasteiger partial charge in [-0.1, -0.05) is 49.6 Å². The van der Waals surface area contributed by atoms with Crippen molar-refractivity contribution in [3.63, 3.8) is 0 Å². The molecular weight excluding hydrogens is 560 g/mol. The number of benzene rings is 2. The minimum absolute atomic E-state index is 0.0958. The Hall–Kier alpha value is -3.73. The molecule has 44 heavy (non-hydrogen) atoms. The van der Waals surface area contributed by atoms with Crippen molar-refractivity contribution < 1.29 is 28.6 Å². The highest BCUT2D eigenvalue weighted by Crippen LogP contribution is 2.55. The van der Waals surface area contributed by atoms with Crippen LogP contribution in [0.15, 0.2) is 66.7 Å². The molecule has 1 saturated carbocycles. The van der Waals surface area contributed by atoms with Crippen molar-refractivity contribution in [3.8, 4) is 11.5 Å². The zero-order chi connectivity index (χ0) is 30.1. The summed E-state index contributed by atoms with van der Waals surface area (Å²) >= 11 is 0. The Morgan fingerprint density at radius 1 is 0.909 bits per heavy atom. The van der Waals surface area contributed by atoms with Crippen LogP contribution in [-0.4, -0.2) is 90.7 Å². The summed E-state index contributed by atoms with van der Waals surface area (Å²) < 4.78 is 17.9. The van der Waals surface area contributed by atoms with Crippen molar-refractivity contribution in [2.24, 2.45) is 11.8 Å². The van der Waals surface area contributed by atoms with Gasteiger partial charge >= 0.3 is 0 Å². The molecule has 10 nitrogen and oxygen atoms in total. The summed E-state index contributed by atoms with van der Waals surface area (Å²) in [6, 6.07) is 15.9. The maximum absolute atomic E-state index is 14.2. The first-order chi connectivity index (χ1) is 21.5. The van der Waals surface area contributed by atoms with E-state index in [1.165, 1.54) is 6.42 Å². The van der Waals surface area contributed by atoms with Gasteiger partial charge in [0, 0.05) is 37.9 Å². The second-order valence-corrected chi connectivity index (χ2v) is 12.5. The van der Waals surface area contributed by atoms with E-state index in [9.17, 15) is 14.4 Å². The van der Waals surface area contributed by atoms with Crippen molar-refractivity contribution >= 4 is 23.4 Å². The summed E-state index contributed by atoms with van der Waals surface area (Å²) in [5, 5.41) is 6.25. The molecule has 10 heteroatoms. The van der Waals surface area contributed by atoms with Gasteiger partial charge in [0.05, 0.1) is 31.2 Å². The summed E-state index contributed by atoms with van der Waals surface area (Å²) in [6.45, 7) is 3.90. The first-order valence-electron chi connectivity index (χ1n) is 15.9. The molecule has 1 aliphatic carbocycles. The normalized spacial score (nSPS) is 29.9. The van der Waals surface area contributed by atoms with Crippen LogP contribution in [0.5, 0.6) is 11.5 Å². The molecule has 5 atom stereocenters. The largest absolute Gasteiger partial charge is 0.457 e. The highest BCUT2D eigenvalue weighted by Gasteiger charge is 2.72. The van der Waals surface area contributed by atoms with E-state index >= 15 is 0 Å². The monoisotopic (exact) mass is 600 g/mol. The standard InChI is InChI=1S/C34H40N4O6/c39-31(35-24-11-13-26(14-12-24)43-25-9-5-2-6-10-25)28-27-15-16-34(44-27)29(28)33(41)38(18-17-37-19-21-42-22-20-37)30(34)32(40)36-23-7-3-1-4-8-23/h2,5-6,9-16,23,27-30H,1,3-4,7-8,17-22H2,(H,35,39)(H,36,40). The van der Waals surface area contributed by atoms with Gasteiger partial charge in [-0.3, -0.25) is 19.3 Å². The van der Waals surface area contributed by atoms with Crippen LogP contribution in [0.2, 0.25) is 0 Å². The lowest BCUT2D eigenvalue weighted by molar-refractivity contribution is -0.141. The second-order valence-electron chi connectivity index (χ2n) is 12.5. The number of carbonyl (C=O) groups excluding carboxylic acids is 3. The molecule has 2 aromatic carbocycles. The SMILES string of the molecule is O=C(Nc1ccc(Oc2ccccc2)cc1)C1C2C=CC3(O2)C1C(=O)N(CCN1CCOCC1)C3C(=O)NC1CCCCC1. The molecule has 4 fully saturated rings. The molecular formula is C34H40N4O6. The van der Waals surface area contributed by atoms with Crippen LogP contribution in [0.3, 0.4) is 0 Å². The van der Waals surface area contributed by atoms with Crippen LogP contribution in [0.25, 0.3) is 0 Å². The molecule has 4 heterocycles. The zero-order valence-corrected chi connectivity index (χ0v) is 24.9. The Morgan fingerprint density at radius 2 is 1.64 bits per heavy atom. The maximum atomic E-state index is 14.2. The van der Waals surface area contributed by atoms with Crippen molar-refractivity contribution in [2.45, 2.75) is 55.9 Å². The number of morpholine rings is 1. The van der Waals surface area contributed by atoms with E-state index < -0.39 is 29.6 Å². The Labute approximate surface area is 257 Å². The fourth-order valence-corrected chi connectivity index (χ4v) is 7.57. The van der Waals surface area contributed by atoms with Gasteiger partial charge in [-0.25, -0.2) is 0 Å². The van der Waals surface area contributed by atoms with Crippen LogP contribution < -0.4 is 15.4 Å². The number of fused-ring (bicyclic) bond motifs is 1. The predicted octanol–water partition coefficient (Wildman–Crippen LogP) is 3.35. The molecule has 5 unspecified atom stereocenters. The Morgan fingerprint density at radius 3 is 2.39 bits per heavy atom. The van der Waals surface area contributed by atoms with Crippen LogP contribution in [-0.2, 0) is 23.9 Å². The van der Waals surface area contributed by atoms with E-state index in [1.807, 2.05) is 42.5 Å². The third-order valence-corrected chi connectivity index (χ3v) is 9.74. The van der Waals surface area contributed by atoms with E-state index in [0.717, 1.165) is 44.5 Å². The smallest absolute Gasteiger partial charge is 0.246 e. The van der Waals surface area contributed by atoms with Gasteiger partial charge in [-0.05, 0) is 49.2 Å². The van der Waals surface area contributed by atoms with Gasteiger partial charge in [0.2, 0.25) is 17.7 Å². The number of ether oxygens (including phenoxy) is 3. The minimum atomic E-state index is -1.17. The third kappa shape index (κ3) is 5.50. The molecule has 0 aromatic heterocycles. The van der Waals surface area contributed by atoms with Crippen LogP contribution in [0.4, 0.5) is 5.69 Å². The Kier molecular flexibility index (Phi) is 8.14. The number of hydrogen-bond acceptors (Lipinski definition) is 7. The fraction of sp³-hybridized carbons (Fsp3) is 0.500. The molecule has 0 radical (unpaired) electrons. The number of amides is 3. The molecule has 2 bridgehead atoms.